The predicted octanol–water partition coefficient (Wildman–Crippen LogP) is 3.85. The highest BCUT2D eigenvalue weighted by Gasteiger charge is 2.20. The Bertz CT molecular complexity index is 1460. The van der Waals surface area contributed by atoms with Crippen molar-refractivity contribution in [3.8, 4) is 10.4 Å². The maximum Gasteiger partial charge on any atom is 0.341 e. The Morgan fingerprint density at radius 1 is 1.18 bits per heavy atom. The molecule has 0 atom stereocenters. The minimum absolute atomic E-state index is 0.0270. The van der Waals surface area contributed by atoms with Crippen LogP contribution in [0.1, 0.15) is 17.3 Å². The lowest BCUT2D eigenvalue weighted by Gasteiger charge is -2.08. The van der Waals surface area contributed by atoms with Crippen LogP contribution in [0.4, 0.5) is 10.7 Å². The molecule has 0 aliphatic heterocycles. The number of benzene rings is 2. The number of carbonyl (C=O) groups is 2. The summed E-state index contributed by atoms with van der Waals surface area (Å²) < 4.78 is 6.16. The van der Waals surface area contributed by atoms with E-state index in [0.717, 1.165) is 21.1 Å². The molecule has 0 saturated carbocycles. The van der Waals surface area contributed by atoms with E-state index in [9.17, 15) is 24.5 Å². The molecule has 0 bridgehead atoms. The third kappa shape index (κ3) is 4.69. The van der Waals surface area contributed by atoms with Crippen LogP contribution < -0.4 is 10.9 Å². The first-order valence-corrected chi connectivity index (χ1v) is 11.0. The maximum atomic E-state index is 12.8. The summed E-state index contributed by atoms with van der Waals surface area (Å²) in [5.74, 6) is -1.14. The van der Waals surface area contributed by atoms with Crippen LogP contribution in [0, 0.1) is 10.1 Å². The number of non-ortho nitro benzene ring substituents is 1. The van der Waals surface area contributed by atoms with E-state index in [1.165, 1.54) is 29.8 Å². The smallest absolute Gasteiger partial charge is 0.341 e. The van der Waals surface area contributed by atoms with E-state index in [4.69, 9.17) is 4.74 Å². The number of rotatable bonds is 7. The van der Waals surface area contributed by atoms with Crippen molar-refractivity contribution in [1.29, 1.82) is 0 Å². The molecule has 4 rings (SSSR count). The number of amides is 1. The summed E-state index contributed by atoms with van der Waals surface area (Å²) in [6.45, 7) is 1.46. The second-order valence-corrected chi connectivity index (χ2v) is 8.18. The van der Waals surface area contributed by atoms with Crippen molar-refractivity contribution in [3.05, 3.63) is 87.0 Å². The third-order valence-electron chi connectivity index (χ3n) is 4.87. The first-order valence-electron chi connectivity index (χ1n) is 10.2. The van der Waals surface area contributed by atoms with E-state index in [2.05, 4.69) is 10.3 Å². The molecule has 0 fully saturated rings. The third-order valence-corrected chi connectivity index (χ3v) is 5.97. The number of nitro groups is 1. The summed E-state index contributed by atoms with van der Waals surface area (Å²) in [7, 11) is 0. The van der Waals surface area contributed by atoms with E-state index < -0.39 is 28.9 Å². The second-order valence-electron chi connectivity index (χ2n) is 7.12. The SMILES string of the molecule is CCOC(=O)c1cc(-c2ccccc2)sc1NC(=O)Cn1cnc2ccc([N+](=O)[O-])cc2c1=O. The lowest BCUT2D eigenvalue weighted by Crippen LogP contribution is -2.28. The lowest BCUT2D eigenvalue weighted by atomic mass is 10.1. The predicted molar refractivity (Wildman–Crippen MR) is 127 cm³/mol. The van der Waals surface area contributed by atoms with Gasteiger partial charge >= 0.3 is 5.97 Å². The number of ether oxygens (including phenoxy) is 1. The molecular formula is C23H18N4O6S. The first-order chi connectivity index (χ1) is 16.4. The van der Waals surface area contributed by atoms with Crippen LogP contribution in [-0.2, 0) is 16.1 Å². The van der Waals surface area contributed by atoms with Crippen molar-refractivity contribution in [2.75, 3.05) is 11.9 Å². The molecule has 2 heterocycles. The quantitative estimate of drug-likeness (QED) is 0.242. The van der Waals surface area contributed by atoms with Gasteiger partial charge in [0.25, 0.3) is 11.2 Å². The fourth-order valence-corrected chi connectivity index (χ4v) is 4.35. The van der Waals surface area contributed by atoms with Gasteiger partial charge in [0.1, 0.15) is 11.5 Å². The molecule has 0 aliphatic rings. The number of nitro benzene ring substituents is 1. The van der Waals surface area contributed by atoms with Crippen LogP contribution in [-0.4, -0.2) is 33.0 Å². The Labute approximate surface area is 196 Å². The highest BCUT2D eigenvalue weighted by Crippen LogP contribution is 2.36. The Morgan fingerprint density at radius 2 is 1.94 bits per heavy atom. The van der Waals surface area contributed by atoms with Crippen LogP contribution in [0.3, 0.4) is 0 Å². The van der Waals surface area contributed by atoms with Crippen LogP contribution in [0.5, 0.6) is 0 Å². The van der Waals surface area contributed by atoms with E-state index in [-0.39, 0.29) is 28.8 Å². The summed E-state index contributed by atoms with van der Waals surface area (Å²) in [4.78, 5) is 53.3. The van der Waals surface area contributed by atoms with Gasteiger partial charge in [-0.2, -0.15) is 0 Å². The summed E-state index contributed by atoms with van der Waals surface area (Å²) in [5, 5.41) is 14.0. The molecule has 0 unspecified atom stereocenters. The van der Waals surface area contributed by atoms with Gasteiger partial charge in [-0.1, -0.05) is 30.3 Å². The van der Waals surface area contributed by atoms with Crippen molar-refractivity contribution in [2.45, 2.75) is 13.5 Å². The van der Waals surface area contributed by atoms with Crippen molar-refractivity contribution >= 4 is 44.8 Å². The lowest BCUT2D eigenvalue weighted by molar-refractivity contribution is -0.384. The van der Waals surface area contributed by atoms with Gasteiger partial charge in [-0.25, -0.2) is 9.78 Å². The molecule has 2 aromatic carbocycles. The number of aromatic nitrogens is 2. The first kappa shape index (κ1) is 22.8. The fourth-order valence-electron chi connectivity index (χ4n) is 3.28. The summed E-state index contributed by atoms with van der Waals surface area (Å²) in [6, 6.07) is 14.8. The number of fused-ring (bicyclic) bond motifs is 1. The van der Waals surface area contributed by atoms with Gasteiger partial charge in [-0.05, 0) is 24.6 Å². The topological polar surface area (TPSA) is 133 Å². The number of carbonyl (C=O) groups excluding carboxylic acids is 2. The van der Waals surface area contributed by atoms with Gasteiger partial charge in [0.2, 0.25) is 5.91 Å². The molecule has 11 heteroatoms. The van der Waals surface area contributed by atoms with Gasteiger partial charge in [-0.3, -0.25) is 24.3 Å². The van der Waals surface area contributed by atoms with Crippen LogP contribution in [0.15, 0.2) is 65.7 Å². The Morgan fingerprint density at radius 3 is 2.65 bits per heavy atom. The van der Waals surface area contributed by atoms with Crippen LogP contribution in [0.2, 0.25) is 0 Å². The number of nitrogens with zero attached hydrogens (tertiary/aromatic N) is 3. The number of thiophene rings is 1. The van der Waals surface area contributed by atoms with Gasteiger partial charge in [0, 0.05) is 17.0 Å². The second kappa shape index (κ2) is 9.63. The number of esters is 1. The van der Waals surface area contributed by atoms with Crippen LogP contribution in [0.25, 0.3) is 21.3 Å². The van der Waals surface area contributed by atoms with Gasteiger partial charge in [-0.15, -0.1) is 11.3 Å². The van der Waals surface area contributed by atoms with Gasteiger partial charge in [0.05, 0.1) is 34.3 Å². The normalized spacial score (nSPS) is 10.7. The van der Waals surface area contributed by atoms with Crippen molar-refractivity contribution in [3.63, 3.8) is 0 Å². The number of hydrogen-bond donors (Lipinski definition) is 1. The van der Waals surface area contributed by atoms with Crippen molar-refractivity contribution in [2.24, 2.45) is 0 Å². The summed E-state index contributed by atoms with van der Waals surface area (Å²) in [5.41, 5.74) is 0.515. The van der Waals surface area contributed by atoms with E-state index in [0.29, 0.717) is 5.00 Å². The van der Waals surface area contributed by atoms with E-state index in [1.807, 2.05) is 30.3 Å². The zero-order valence-corrected chi connectivity index (χ0v) is 18.7. The standard InChI is InChI=1S/C23H18N4O6S/c1-2-33-23(30)17-11-19(14-6-4-3-5-7-14)34-21(17)25-20(28)12-26-13-24-18-9-8-15(27(31)32)10-16(18)22(26)29/h3-11,13H,2,12H2,1H3,(H,25,28). The molecule has 4 aromatic rings. The summed E-state index contributed by atoms with van der Waals surface area (Å²) in [6.07, 6.45) is 1.20. The van der Waals surface area contributed by atoms with Gasteiger partial charge < -0.3 is 10.1 Å². The molecule has 1 N–H and O–H groups in total. The fraction of sp³-hybridized carbons (Fsp3) is 0.130. The van der Waals surface area contributed by atoms with E-state index >= 15 is 0 Å². The molecule has 0 saturated heterocycles. The minimum atomic E-state index is -0.610. The molecule has 34 heavy (non-hydrogen) atoms. The number of hydrogen-bond acceptors (Lipinski definition) is 8. The average molecular weight is 478 g/mol. The largest absolute Gasteiger partial charge is 0.462 e. The monoisotopic (exact) mass is 478 g/mol. The van der Waals surface area contributed by atoms with Crippen molar-refractivity contribution in [1.82, 2.24) is 9.55 Å². The molecular weight excluding hydrogens is 460 g/mol. The van der Waals surface area contributed by atoms with Crippen molar-refractivity contribution < 1.29 is 19.2 Å². The van der Waals surface area contributed by atoms with Crippen LogP contribution >= 0.6 is 11.3 Å². The zero-order valence-electron chi connectivity index (χ0n) is 17.9. The summed E-state index contributed by atoms with van der Waals surface area (Å²) >= 11 is 1.21. The highest BCUT2D eigenvalue weighted by atomic mass is 32.1. The number of nitrogens with one attached hydrogen (secondary N) is 1. The minimum Gasteiger partial charge on any atom is -0.462 e. The average Bonchev–Trinajstić information content (AvgIpc) is 3.25. The Hall–Kier alpha value is -4.38. The highest BCUT2D eigenvalue weighted by molar-refractivity contribution is 7.20. The molecule has 2 aromatic heterocycles. The van der Waals surface area contributed by atoms with E-state index in [1.54, 1.807) is 13.0 Å². The molecule has 0 aliphatic carbocycles. The Kier molecular flexibility index (Phi) is 6.46. The molecule has 0 spiro atoms. The molecule has 0 radical (unpaired) electrons. The number of anilines is 1. The molecule has 10 nitrogen and oxygen atoms in total. The van der Waals surface area contributed by atoms with Gasteiger partial charge in [0.15, 0.2) is 0 Å². The zero-order chi connectivity index (χ0) is 24.2. The maximum absolute atomic E-state index is 12.8. The Balaban J connectivity index is 1.62. The molecule has 172 valence electrons. The molecule has 1 amide bonds.